The first-order valence-corrected chi connectivity index (χ1v) is 5.93. The van der Waals surface area contributed by atoms with Crippen molar-refractivity contribution in [3.05, 3.63) is 0 Å². The second kappa shape index (κ2) is 4.12. The van der Waals surface area contributed by atoms with Crippen LogP contribution in [0.5, 0.6) is 0 Å². The van der Waals surface area contributed by atoms with Crippen LogP contribution >= 0.6 is 0 Å². The van der Waals surface area contributed by atoms with Gasteiger partial charge in [-0.1, -0.05) is 13.8 Å². The Morgan fingerprint density at radius 3 is 2.40 bits per heavy atom. The first-order valence-electron chi connectivity index (χ1n) is 5.93. The summed E-state index contributed by atoms with van der Waals surface area (Å²) in [6.45, 7) is 12.4. The minimum absolute atomic E-state index is 0.0538. The van der Waals surface area contributed by atoms with Gasteiger partial charge in [0.2, 0.25) is 5.91 Å². The van der Waals surface area contributed by atoms with Gasteiger partial charge in [0.1, 0.15) is 0 Å². The fourth-order valence-corrected chi connectivity index (χ4v) is 2.06. The van der Waals surface area contributed by atoms with Crippen molar-refractivity contribution in [2.75, 3.05) is 13.1 Å². The molecule has 0 aromatic carbocycles. The second-order valence-corrected chi connectivity index (χ2v) is 5.35. The lowest BCUT2D eigenvalue weighted by atomic mass is 9.87. The van der Waals surface area contributed by atoms with E-state index >= 15 is 0 Å². The summed E-state index contributed by atoms with van der Waals surface area (Å²) in [7, 11) is 0. The second-order valence-electron chi connectivity index (χ2n) is 5.35. The molecule has 1 rings (SSSR count). The molecule has 0 bridgehead atoms. The van der Waals surface area contributed by atoms with Crippen molar-refractivity contribution in [3.8, 4) is 0 Å². The highest BCUT2D eigenvalue weighted by molar-refractivity contribution is 5.87. The lowest BCUT2D eigenvalue weighted by molar-refractivity contribution is -0.140. The maximum Gasteiger partial charge on any atom is 0.240 e. The van der Waals surface area contributed by atoms with Crippen LogP contribution in [0, 0.1) is 0 Å². The van der Waals surface area contributed by atoms with E-state index in [0.29, 0.717) is 0 Å². The number of hydrogen-bond acceptors (Lipinski definition) is 2. The van der Waals surface area contributed by atoms with Gasteiger partial charge in [0.25, 0.3) is 0 Å². The molecule has 1 unspecified atom stereocenters. The van der Waals surface area contributed by atoms with Crippen LogP contribution in [0.25, 0.3) is 0 Å². The summed E-state index contributed by atoms with van der Waals surface area (Å²) in [5.41, 5.74) is -0.410. The zero-order chi connectivity index (χ0) is 11.7. The van der Waals surface area contributed by atoms with Crippen LogP contribution in [0.1, 0.15) is 47.5 Å². The van der Waals surface area contributed by atoms with Gasteiger partial charge in [0, 0.05) is 12.1 Å². The molecule has 1 aliphatic rings. The van der Waals surface area contributed by atoms with Crippen molar-refractivity contribution in [2.45, 2.75) is 58.5 Å². The van der Waals surface area contributed by atoms with Crippen LogP contribution in [0.4, 0.5) is 0 Å². The standard InChI is InChI=1S/C12H24N2O/c1-6-8-14-9-12(5,7-2)13-10(15)11(14,3)4/h6-9H2,1-5H3,(H,13,15). The molecule has 0 spiro atoms. The number of carbonyl (C=O) groups is 1. The number of amides is 1. The number of nitrogens with zero attached hydrogens (tertiary/aromatic N) is 1. The zero-order valence-corrected chi connectivity index (χ0v) is 10.7. The van der Waals surface area contributed by atoms with Gasteiger partial charge < -0.3 is 5.32 Å². The topological polar surface area (TPSA) is 32.3 Å². The number of carbonyl (C=O) groups excluding carboxylic acids is 1. The maximum atomic E-state index is 12.0. The van der Waals surface area contributed by atoms with Crippen molar-refractivity contribution in [3.63, 3.8) is 0 Å². The predicted octanol–water partition coefficient (Wildman–Crippen LogP) is 1.78. The Balaban J connectivity index is 2.87. The van der Waals surface area contributed by atoms with Crippen LogP contribution < -0.4 is 5.32 Å². The Morgan fingerprint density at radius 2 is 1.93 bits per heavy atom. The van der Waals surface area contributed by atoms with Gasteiger partial charge in [-0.05, 0) is 40.2 Å². The van der Waals surface area contributed by atoms with E-state index in [2.05, 4.69) is 31.0 Å². The first-order chi connectivity index (χ1) is 6.85. The van der Waals surface area contributed by atoms with E-state index in [0.717, 1.165) is 25.9 Å². The molecule has 1 N–H and O–H groups in total. The van der Waals surface area contributed by atoms with Gasteiger partial charge >= 0.3 is 0 Å². The van der Waals surface area contributed by atoms with Gasteiger partial charge in [-0.2, -0.15) is 0 Å². The third kappa shape index (κ3) is 2.33. The summed E-state index contributed by atoms with van der Waals surface area (Å²) in [4.78, 5) is 14.3. The van der Waals surface area contributed by atoms with Gasteiger partial charge in [-0.25, -0.2) is 0 Å². The molecular weight excluding hydrogens is 188 g/mol. The molecule has 0 radical (unpaired) electrons. The SMILES string of the molecule is CCCN1CC(C)(CC)NC(=O)C1(C)C. The summed E-state index contributed by atoms with van der Waals surface area (Å²) in [5.74, 6) is 0.159. The number of hydrogen-bond donors (Lipinski definition) is 1. The van der Waals surface area contributed by atoms with Crippen molar-refractivity contribution in [2.24, 2.45) is 0 Å². The van der Waals surface area contributed by atoms with E-state index in [1.54, 1.807) is 0 Å². The molecule has 1 amide bonds. The molecule has 88 valence electrons. The first kappa shape index (κ1) is 12.5. The highest BCUT2D eigenvalue weighted by Gasteiger charge is 2.44. The summed E-state index contributed by atoms with van der Waals surface area (Å²) in [5, 5.41) is 3.14. The lowest BCUT2D eigenvalue weighted by Crippen LogP contribution is -2.70. The van der Waals surface area contributed by atoms with Crippen LogP contribution in [-0.4, -0.2) is 35.0 Å². The summed E-state index contributed by atoms with van der Waals surface area (Å²) in [6, 6.07) is 0. The largest absolute Gasteiger partial charge is 0.348 e. The van der Waals surface area contributed by atoms with Crippen molar-refractivity contribution < 1.29 is 4.79 Å². The predicted molar refractivity (Wildman–Crippen MR) is 62.8 cm³/mol. The molecule has 1 saturated heterocycles. The summed E-state index contributed by atoms with van der Waals surface area (Å²) < 4.78 is 0. The van der Waals surface area contributed by atoms with Crippen LogP contribution in [0.15, 0.2) is 0 Å². The molecule has 0 aromatic rings. The van der Waals surface area contributed by atoms with E-state index in [9.17, 15) is 4.79 Å². The fraction of sp³-hybridized carbons (Fsp3) is 0.917. The third-order valence-electron chi connectivity index (χ3n) is 3.58. The number of rotatable bonds is 3. The Bertz CT molecular complexity index is 250. The average molecular weight is 212 g/mol. The molecule has 1 fully saturated rings. The summed E-state index contributed by atoms with van der Waals surface area (Å²) in [6.07, 6.45) is 2.07. The quantitative estimate of drug-likeness (QED) is 0.773. The van der Waals surface area contributed by atoms with E-state index in [4.69, 9.17) is 0 Å². The van der Waals surface area contributed by atoms with Crippen LogP contribution in [0.3, 0.4) is 0 Å². The highest BCUT2D eigenvalue weighted by atomic mass is 16.2. The molecule has 15 heavy (non-hydrogen) atoms. The maximum absolute atomic E-state index is 12.0. The Labute approximate surface area is 93.2 Å². The highest BCUT2D eigenvalue weighted by Crippen LogP contribution is 2.26. The van der Waals surface area contributed by atoms with Crippen molar-refractivity contribution >= 4 is 5.91 Å². The van der Waals surface area contributed by atoms with Gasteiger partial charge in [-0.15, -0.1) is 0 Å². The smallest absolute Gasteiger partial charge is 0.240 e. The number of piperazine rings is 1. The molecule has 0 aromatic heterocycles. The minimum Gasteiger partial charge on any atom is -0.348 e. The molecular formula is C12H24N2O. The molecule has 0 saturated carbocycles. The van der Waals surface area contributed by atoms with Crippen molar-refractivity contribution in [1.29, 1.82) is 0 Å². The summed E-state index contributed by atoms with van der Waals surface area (Å²) >= 11 is 0. The molecule has 3 heteroatoms. The number of nitrogens with one attached hydrogen (secondary N) is 1. The zero-order valence-electron chi connectivity index (χ0n) is 10.7. The normalized spacial score (nSPS) is 31.4. The van der Waals surface area contributed by atoms with Gasteiger partial charge in [-0.3, -0.25) is 9.69 Å². The molecule has 1 heterocycles. The van der Waals surface area contributed by atoms with E-state index in [-0.39, 0.29) is 17.0 Å². The van der Waals surface area contributed by atoms with E-state index in [1.807, 2.05) is 13.8 Å². The molecule has 1 aliphatic heterocycles. The Morgan fingerprint density at radius 1 is 1.33 bits per heavy atom. The van der Waals surface area contributed by atoms with Gasteiger partial charge in [0.05, 0.1) is 5.54 Å². The lowest BCUT2D eigenvalue weighted by Gasteiger charge is -2.49. The molecule has 1 atom stereocenters. The van der Waals surface area contributed by atoms with E-state index < -0.39 is 0 Å². The monoisotopic (exact) mass is 212 g/mol. The van der Waals surface area contributed by atoms with Crippen molar-refractivity contribution in [1.82, 2.24) is 10.2 Å². The Kier molecular flexibility index (Phi) is 3.44. The fourth-order valence-electron chi connectivity index (χ4n) is 2.06. The van der Waals surface area contributed by atoms with Crippen LogP contribution in [0.2, 0.25) is 0 Å². The molecule has 3 nitrogen and oxygen atoms in total. The average Bonchev–Trinajstić information content (AvgIpc) is 2.15. The Hall–Kier alpha value is -0.570. The molecule has 0 aliphatic carbocycles. The van der Waals surface area contributed by atoms with E-state index in [1.165, 1.54) is 0 Å². The minimum atomic E-state index is -0.356. The van der Waals surface area contributed by atoms with Crippen LogP contribution in [-0.2, 0) is 4.79 Å². The van der Waals surface area contributed by atoms with Gasteiger partial charge in [0.15, 0.2) is 0 Å². The third-order valence-corrected chi connectivity index (χ3v) is 3.58.